The highest BCUT2D eigenvalue weighted by Crippen LogP contribution is 2.14. The van der Waals surface area contributed by atoms with Crippen molar-refractivity contribution in [2.75, 3.05) is 0 Å². The molecule has 0 unspecified atom stereocenters. The first-order chi connectivity index (χ1) is 8.16. The largest absolute Gasteiger partial charge is 0.481 e. The maximum absolute atomic E-state index is 10.5. The molecule has 0 spiro atoms. The quantitative estimate of drug-likeness (QED) is 0.846. The zero-order valence-electron chi connectivity index (χ0n) is 9.37. The lowest BCUT2D eigenvalue weighted by Gasteiger charge is -1.95. The first-order valence-electron chi connectivity index (χ1n) is 5.19. The minimum atomic E-state index is -0.835. The summed E-state index contributed by atoms with van der Waals surface area (Å²) in [4.78, 5) is 18.7. The third-order valence-electron chi connectivity index (χ3n) is 2.35. The summed E-state index contributed by atoms with van der Waals surface area (Å²) >= 11 is 0. The summed E-state index contributed by atoms with van der Waals surface area (Å²) < 4.78 is 1.61. The Balaban J connectivity index is 2.22. The molecule has 2 rings (SSSR count). The first kappa shape index (κ1) is 11.3. The topological polar surface area (TPSA) is 80.9 Å². The van der Waals surface area contributed by atoms with Gasteiger partial charge in [0.15, 0.2) is 5.82 Å². The lowest BCUT2D eigenvalue weighted by Crippen LogP contribution is -2.03. The zero-order chi connectivity index (χ0) is 12.3. The van der Waals surface area contributed by atoms with E-state index in [1.165, 1.54) is 0 Å². The number of aryl methyl sites for hydroxylation is 2. The van der Waals surface area contributed by atoms with Gasteiger partial charge in [0.2, 0.25) is 0 Å². The number of carbonyl (C=O) groups is 1. The van der Waals surface area contributed by atoms with Crippen molar-refractivity contribution in [1.82, 2.24) is 19.7 Å². The Bertz CT molecular complexity index is 522. The summed E-state index contributed by atoms with van der Waals surface area (Å²) in [7, 11) is 1.76. The van der Waals surface area contributed by atoms with Gasteiger partial charge in [-0.15, -0.1) is 0 Å². The van der Waals surface area contributed by atoms with E-state index in [9.17, 15) is 4.79 Å². The van der Waals surface area contributed by atoms with Crippen LogP contribution in [0.2, 0.25) is 0 Å². The molecule has 2 heterocycles. The Kier molecular flexibility index (Phi) is 3.13. The summed E-state index contributed by atoms with van der Waals surface area (Å²) in [6.07, 6.45) is 3.78. The van der Waals surface area contributed by atoms with E-state index in [-0.39, 0.29) is 6.42 Å². The number of aromatic nitrogens is 4. The molecule has 17 heavy (non-hydrogen) atoms. The molecule has 1 N–H and O–H groups in total. The lowest BCUT2D eigenvalue weighted by molar-refractivity contribution is -0.137. The van der Waals surface area contributed by atoms with Gasteiger partial charge < -0.3 is 5.11 Å². The van der Waals surface area contributed by atoms with Crippen LogP contribution in [0.15, 0.2) is 24.5 Å². The molecule has 0 atom stereocenters. The van der Waals surface area contributed by atoms with Crippen molar-refractivity contribution in [1.29, 1.82) is 0 Å². The monoisotopic (exact) mass is 232 g/mol. The number of pyridine rings is 1. The molecule has 6 nitrogen and oxygen atoms in total. The molecule has 0 saturated heterocycles. The number of hydrogen-bond acceptors (Lipinski definition) is 4. The Morgan fingerprint density at radius 1 is 1.41 bits per heavy atom. The second-order valence-electron chi connectivity index (χ2n) is 3.60. The van der Waals surface area contributed by atoms with E-state index in [0.717, 1.165) is 5.56 Å². The molecule has 0 aliphatic heterocycles. The van der Waals surface area contributed by atoms with Gasteiger partial charge in [-0.3, -0.25) is 14.5 Å². The fraction of sp³-hybridized carbons (Fsp3) is 0.273. The summed E-state index contributed by atoms with van der Waals surface area (Å²) in [5.41, 5.74) is 0.872. The summed E-state index contributed by atoms with van der Waals surface area (Å²) in [6.45, 7) is 0. The minimum Gasteiger partial charge on any atom is -0.481 e. The van der Waals surface area contributed by atoms with E-state index >= 15 is 0 Å². The van der Waals surface area contributed by atoms with Crippen LogP contribution in [-0.2, 0) is 18.3 Å². The van der Waals surface area contributed by atoms with Gasteiger partial charge in [0.1, 0.15) is 5.82 Å². The van der Waals surface area contributed by atoms with E-state index < -0.39 is 5.97 Å². The Morgan fingerprint density at radius 3 is 2.76 bits per heavy atom. The average Bonchev–Trinajstić information content (AvgIpc) is 2.69. The van der Waals surface area contributed by atoms with Crippen LogP contribution in [-0.4, -0.2) is 30.8 Å². The number of hydrogen-bond donors (Lipinski definition) is 1. The molecule has 0 aliphatic rings. The number of carboxylic acid groups (broad SMARTS) is 1. The van der Waals surface area contributed by atoms with E-state index in [0.29, 0.717) is 18.1 Å². The van der Waals surface area contributed by atoms with Crippen LogP contribution in [0.3, 0.4) is 0 Å². The summed E-state index contributed by atoms with van der Waals surface area (Å²) in [5.74, 6) is 0.424. The predicted molar refractivity (Wildman–Crippen MR) is 60.2 cm³/mol. The first-order valence-corrected chi connectivity index (χ1v) is 5.19. The highest BCUT2D eigenvalue weighted by atomic mass is 16.4. The van der Waals surface area contributed by atoms with Crippen LogP contribution in [0.25, 0.3) is 11.4 Å². The number of rotatable bonds is 4. The standard InChI is InChI=1S/C11H12N4O2/c1-15-9(2-3-10(16)17)13-11(14-15)8-4-6-12-7-5-8/h4-7H,2-3H2,1H3,(H,16,17). The molecule has 0 saturated carbocycles. The van der Waals surface area contributed by atoms with Gasteiger partial charge in [-0.25, -0.2) is 4.98 Å². The normalized spacial score (nSPS) is 10.4. The smallest absolute Gasteiger partial charge is 0.303 e. The molecule has 2 aromatic rings. The van der Waals surface area contributed by atoms with Crippen LogP contribution in [0.5, 0.6) is 0 Å². The van der Waals surface area contributed by atoms with Crippen molar-refractivity contribution in [2.24, 2.45) is 7.05 Å². The van der Waals surface area contributed by atoms with Crippen LogP contribution in [0.1, 0.15) is 12.2 Å². The number of nitrogens with zero attached hydrogens (tertiary/aromatic N) is 4. The summed E-state index contributed by atoms with van der Waals surface area (Å²) in [5, 5.41) is 12.9. The van der Waals surface area contributed by atoms with Gasteiger partial charge in [-0.2, -0.15) is 5.10 Å². The fourth-order valence-electron chi connectivity index (χ4n) is 1.48. The van der Waals surface area contributed by atoms with Crippen LogP contribution < -0.4 is 0 Å². The fourth-order valence-corrected chi connectivity index (χ4v) is 1.48. The minimum absolute atomic E-state index is 0.0579. The van der Waals surface area contributed by atoms with Crippen LogP contribution in [0.4, 0.5) is 0 Å². The molecule has 88 valence electrons. The van der Waals surface area contributed by atoms with Crippen molar-refractivity contribution in [3.8, 4) is 11.4 Å². The van der Waals surface area contributed by atoms with Gasteiger partial charge in [0.25, 0.3) is 0 Å². The Labute approximate surface area is 98.0 Å². The molecule has 0 amide bonds. The second kappa shape index (κ2) is 4.73. The van der Waals surface area contributed by atoms with Crippen molar-refractivity contribution < 1.29 is 9.90 Å². The highest BCUT2D eigenvalue weighted by molar-refractivity contribution is 5.66. The highest BCUT2D eigenvalue weighted by Gasteiger charge is 2.10. The molecule has 0 bridgehead atoms. The maximum Gasteiger partial charge on any atom is 0.303 e. The van der Waals surface area contributed by atoms with E-state index in [1.54, 1.807) is 24.1 Å². The SMILES string of the molecule is Cn1nc(-c2ccncc2)nc1CCC(=O)O. The molecule has 0 radical (unpaired) electrons. The van der Waals surface area contributed by atoms with E-state index in [4.69, 9.17) is 5.11 Å². The zero-order valence-corrected chi connectivity index (χ0v) is 9.37. The third-order valence-corrected chi connectivity index (χ3v) is 2.35. The van der Waals surface area contributed by atoms with Gasteiger partial charge >= 0.3 is 5.97 Å². The molecule has 0 fully saturated rings. The van der Waals surface area contributed by atoms with Crippen molar-refractivity contribution in [3.05, 3.63) is 30.4 Å². The Hall–Kier alpha value is -2.24. The lowest BCUT2D eigenvalue weighted by atomic mass is 10.2. The van der Waals surface area contributed by atoms with Crippen LogP contribution in [0, 0.1) is 0 Å². The van der Waals surface area contributed by atoms with Crippen LogP contribution >= 0.6 is 0 Å². The molecular formula is C11H12N4O2. The van der Waals surface area contributed by atoms with Gasteiger partial charge in [-0.05, 0) is 12.1 Å². The Morgan fingerprint density at radius 2 is 2.12 bits per heavy atom. The molecule has 2 aromatic heterocycles. The molecule has 0 aromatic carbocycles. The number of aliphatic carboxylic acids is 1. The second-order valence-corrected chi connectivity index (χ2v) is 3.60. The predicted octanol–water partition coefficient (Wildman–Crippen LogP) is 0.894. The van der Waals surface area contributed by atoms with Crippen molar-refractivity contribution >= 4 is 5.97 Å². The van der Waals surface area contributed by atoms with Gasteiger partial charge in [-0.1, -0.05) is 0 Å². The van der Waals surface area contributed by atoms with E-state index in [1.807, 2.05) is 12.1 Å². The molecule has 6 heteroatoms. The van der Waals surface area contributed by atoms with Gasteiger partial charge in [0, 0.05) is 31.4 Å². The van der Waals surface area contributed by atoms with Gasteiger partial charge in [0.05, 0.1) is 6.42 Å². The van der Waals surface area contributed by atoms with E-state index in [2.05, 4.69) is 15.1 Å². The number of carboxylic acids is 1. The maximum atomic E-state index is 10.5. The third kappa shape index (κ3) is 2.66. The summed E-state index contributed by atoms with van der Waals surface area (Å²) in [6, 6.07) is 3.63. The molecular weight excluding hydrogens is 220 g/mol. The van der Waals surface area contributed by atoms with Crippen molar-refractivity contribution in [2.45, 2.75) is 12.8 Å². The molecule has 0 aliphatic carbocycles. The average molecular weight is 232 g/mol. The van der Waals surface area contributed by atoms with Crippen molar-refractivity contribution in [3.63, 3.8) is 0 Å².